The lowest BCUT2D eigenvalue weighted by molar-refractivity contribution is -0.385. The summed E-state index contributed by atoms with van der Waals surface area (Å²) >= 11 is 1.19. The first kappa shape index (κ1) is 16.2. The van der Waals surface area contributed by atoms with Crippen molar-refractivity contribution < 1.29 is 9.72 Å². The number of carbonyl (C=O) groups excluding carboxylic acids is 1. The van der Waals surface area contributed by atoms with E-state index in [1.807, 2.05) is 30.3 Å². The van der Waals surface area contributed by atoms with E-state index in [4.69, 9.17) is 5.26 Å². The van der Waals surface area contributed by atoms with E-state index >= 15 is 0 Å². The fourth-order valence-corrected chi connectivity index (χ4v) is 2.80. The topological polar surface area (TPSA) is 122 Å². The molecule has 0 atom stereocenters. The van der Waals surface area contributed by atoms with Gasteiger partial charge >= 0.3 is 0 Å². The summed E-state index contributed by atoms with van der Waals surface area (Å²) in [6.07, 6.45) is 0. The summed E-state index contributed by atoms with van der Waals surface area (Å²) in [6.45, 7) is 0. The molecule has 0 radical (unpaired) electrons. The van der Waals surface area contributed by atoms with Gasteiger partial charge in [0, 0.05) is 17.2 Å². The number of nitro groups is 1. The molecule has 0 aliphatic rings. The Hall–Kier alpha value is -3.64. The number of nitro benzene ring substituents is 1. The predicted molar refractivity (Wildman–Crippen MR) is 91.1 cm³/mol. The van der Waals surface area contributed by atoms with E-state index in [0.29, 0.717) is 5.01 Å². The van der Waals surface area contributed by atoms with Gasteiger partial charge < -0.3 is 0 Å². The van der Waals surface area contributed by atoms with Crippen LogP contribution in [0.4, 0.5) is 10.8 Å². The molecule has 0 unspecified atom stereocenters. The molecular formula is C16H9N5O3S. The van der Waals surface area contributed by atoms with Crippen molar-refractivity contribution in [2.75, 3.05) is 5.32 Å². The van der Waals surface area contributed by atoms with Crippen molar-refractivity contribution in [3.05, 3.63) is 69.8 Å². The highest BCUT2D eigenvalue weighted by Crippen LogP contribution is 2.26. The number of nitrogens with zero attached hydrogens (tertiary/aromatic N) is 4. The monoisotopic (exact) mass is 351 g/mol. The zero-order valence-corrected chi connectivity index (χ0v) is 13.4. The molecule has 0 fully saturated rings. The molecule has 0 bridgehead atoms. The van der Waals surface area contributed by atoms with Crippen LogP contribution in [0, 0.1) is 21.4 Å². The van der Waals surface area contributed by atoms with Crippen LogP contribution in [0.25, 0.3) is 10.6 Å². The largest absolute Gasteiger partial charge is 0.296 e. The summed E-state index contributed by atoms with van der Waals surface area (Å²) in [5.41, 5.74) is 0.401. The highest BCUT2D eigenvalue weighted by Gasteiger charge is 2.18. The summed E-state index contributed by atoms with van der Waals surface area (Å²) in [7, 11) is 0. The quantitative estimate of drug-likeness (QED) is 0.569. The first-order valence-corrected chi connectivity index (χ1v) is 7.79. The number of benzene rings is 2. The number of hydrogen-bond donors (Lipinski definition) is 1. The SMILES string of the molecule is N#Cc1ccc(C(=O)Nc2nnc(-c3ccccc3)s2)cc1[N+](=O)[O-]. The van der Waals surface area contributed by atoms with Crippen LogP contribution >= 0.6 is 11.3 Å². The lowest BCUT2D eigenvalue weighted by atomic mass is 10.1. The van der Waals surface area contributed by atoms with Gasteiger partial charge in [0.25, 0.3) is 11.6 Å². The van der Waals surface area contributed by atoms with Crippen LogP contribution in [0.5, 0.6) is 0 Å². The number of hydrogen-bond acceptors (Lipinski definition) is 7. The third-order valence-electron chi connectivity index (χ3n) is 3.24. The Bertz CT molecular complexity index is 995. The van der Waals surface area contributed by atoms with E-state index in [9.17, 15) is 14.9 Å². The lowest BCUT2D eigenvalue weighted by Gasteiger charge is -2.02. The van der Waals surface area contributed by atoms with Gasteiger partial charge in [-0.1, -0.05) is 41.7 Å². The summed E-state index contributed by atoms with van der Waals surface area (Å²) in [4.78, 5) is 22.5. The minimum atomic E-state index is -0.701. The van der Waals surface area contributed by atoms with Gasteiger partial charge in [-0.05, 0) is 12.1 Å². The maximum Gasteiger partial charge on any atom is 0.287 e. The predicted octanol–water partition coefficient (Wildman–Crippen LogP) is 3.24. The number of rotatable bonds is 4. The smallest absolute Gasteiger partial charge is 0.287 e. The highest BCUT2D eigenvalue weighted by molar-refractivity contribution is 7.18. The molecule has 1 aromatic heterocycles. The van der Waals surface area contributed by atoms with E-state index in [0.717, 1.165) is 11.6 Å². The molecule has 3 rings (SSSR count). The zero-order chi connectivity index (χ0) is 17.8. The number of nitrogens with one attached hydrogen (secondary N) is 1. The molecule has 1 heterocycles. The van der Waals surface area contributed by atoms with Crippen molar-refractivity contribution in [3.8, 4) is 16.6 Å². The summed E-state index contributed by atoms with van der Waals surface area (Å²) in [5, 5.41) is 31.2. The van der Waals surface area contributed by atoms with E-state index in [-0.39, 0.29) is 16.3 Å². The fourth-order valence-electron chi connectivity index (χ4n) is 2.06. The van der Waals surface area contributed by atoms with E-state index in [1.54, 1.807) is 6.07 Å². The van der Waals surface area contributed by atoms with Gasteiger partial charge in [-0.2, -0.15) is 5.26 Å². The molecule has 1 amide bonds. The van der Waals surface area contributed by atoms with Crippen LogP contribution in [-0.2, 0) is 0 Å². The second-order valence-corrected chi connectivity index (χ2v) is 5.81. The van der Waals surface area contributed by atoms with E-state index in [2.05, 4.69) is 15.5 Å². The van der Waals surface area contributed by atoms with Crippen molar-refractivity contribution >= 4 is 28.1 Å². The van der Waals surface area contributed by atoms with Gasteiger partial charge in [-0.3, -0.25) is 20.2 Å². The Balaban J connectivity index is 1.82. The van der Waals surface area contributed by atoms with Crippen molar-refractivity contribution in [1.29, 1.82) is 5.26 Å². The normalized spacial score (nSPS) is 10.0. The second-order valence-electron chi connectivity index (χ2n) is 4.83. The highest BCUT2D eigenvalue weighted by atomic mass is 32.1. The van der Waals surface area contributed by atoms with E-state index in [1.165, 1.54) is 23.5 Å². The first-order chi connectivity index (χ1) is 12.1. The molecule has 1 N–H and O–H groups in total. The third kappa shape index (κ3) is 3.49. The first-order valence-electron chi connectivity index (χ1n) is 6.97. The average molecular weight is 351 g/mol. The summed E-state index contributed by atoms with van der Waals surface area (Å²) < 4.78 is 0. The number of nitriles is 1. The van der Waals surface area contributed by atoms with Crippen molar-refractivity contribution in [3.63, 3.8) is 0 Å². The minimum absolute atomic E-state index is 0.0576. The van der Waals surface area contributed by atoms with Crippen LogP contribution in [-0.4, -0.2) is 21.0 Å². The molecule has 0 aliphatic carbocycles. The Kier molecular flexibility index (Phi) is 4.45. The Morgan fingerprint density at radius 3 is 2.64 bits per heavy atom. The van der Waals surface area contributed by atoms with Gasteiger partial charge in [0.2, 0.25) is 5.13 Å². The molecule has 0 saturated carbocycles. The minimum Gasteiger partial charge on any atom is -0.296 e. The van der Waals surface area contributed by atoms with Crippen molar-refractivity contribution in [2.24, 2.45) is 0 Å². The van der Waals surface area contributed by atoms with Crippen molar-refractivity contribution in [2.45, 2.75) is 0 Å². The zero-order valence-electron chi connectivity index (χ0n) is 12.5. The number of carbonyl (C=O) groups is 1. The fraction of sp³-hybridized carbons (Fsp3) is 0. The molecule has 3 aromatic rings. The van der Waals surface area contributed by atoms with Crippen molar-refractivity contribution in [1.82, 2.24) is 10.2 Å². The molecule has 2 aromatic carbocycles. The molecular weight excluding hydrogens is 342 g/mol. The Labute approximate surface area is 145 Å². The molecule has 122 valence electrons. The maximum atomic E-state index is 12.3. The number of anilines is 1. The number of aromatic nitrogens is 2. The van der Waals surface area contributed by atoms with Gasteiger partial charge in [0.05, 0.1) is 4.92 Å². The number of amides is 1. The van der Waals surface area contributed by atoms with E-state index < -0.39 is 16.5 Å². The average Bonchev–Trinajstić information content (AvgIpc) is 3.10. The molecule has 0 saturated heterocycles. The van der Waals surface area contributed by atoms with Crippen LogP contribution in [0.3, 0.4) is 0 Å². The van der Waals surface area contributed by atoms with Crippen LogP contribution < -0.4 is 5.32 Å². The second kappa shape index (κ2) is 6.86. The van der Waals surface area contributed by atoms with Gasteiger partial charge in [-0.15, -0.1) is 10.2 Å². The van der Waals surface area contributed by atoms with Gasteiger partial charge in [-0.25, -0.2) is 0 Å². The molecule has 0 aliphatic heterocycles. The van der Waals surface area contributed by atoms with Gasteiger partial charge in [0.1, 0.15) is 16.6 Å². The van der Waals surface area contributed by atoms with Crippen LogP contribution in [0.15, 0.2) is 48.5 Å². The van der Waals surface area contributed by atoms with Gasteiger partial charge in [0.15, 0.2) is 0 Å². The Morgan fingerprint density at radius 1 is 1.20 bits per heavy atom. The summed E-state index contributed by atoms with van der Waals surface area (Å²) in [6, 6.07) is 14.7. The molecule has 25 heavy (non-hydrogen) atoms. The third-order valence-corrected chi connectivity index (χ3v) is 4.13. The van der Waals surface area contributed by atoms with Crippen LogP contribution in [0.1, 0.15) is 15.9 Å². The summed E-state index contributed by atoms with van der Waals surface area (Å²) in [5.74, 6) is -0.566. The molecule has 9 heteroatoms. The maximum absolute atomic E-state index is 12.3. The molecule has 8 nitrogen and oxygen atoms in total. The lowest BCUT2D eigenvalue weighted by Crippen LogP contribution is -2.12. The standard InChI is InChI=1S/C16H9N5O3S/c17-9-12-7-6-11(8-13(12)21(23)24)14(22)18-16-20-19-15(25-16)10-4-2-1-3-5-10/h1-8H,(H,18,20,22). The molecule has 0 spiro atoms. The Morgan fingerprint density at radius 2 is 1.96 bits per heavy atom. The van der Waals surface area contributed by atoms with Crippen LogP contribution in [0.2, 0.25) is 0 Å².